The fourth-order valence-electron chi connectivity index (χ4n) is 1.68. The lowest BCUT2D eigenvalue weighted by Gasteiger charge is -2.21. The van der Waals surface area contributed by atoms with Gasteiger partial charge in [0.2, 0.25) is 0 Å². The number of ether oxygens (including phenoxy) is 1. The van der Waals surface area contributed by atoms with Crippen LogP contribution in [-0.2, 0) is 4.74 Å². The second-order valence-electron chi connectivity index (χ2n) is 3.31. The van der Waals surface area contributed by atoms with E-state index in [1.54, 1.807) is 0 Å². The topological polar surface area (TPSA) is 73.6 Å². The van der Waals surface area contributed by atoms with Crippen molar-refractivity contribution in [2.24, 2.45) is 16.5 Å². The lowest BCUT2D eigenvalue weighted by molar-refractivity contribution is 0.176. The average molecular weight is 171 g/mol. The number of nitrogens with two attached hydrogens (primary N) is 2. The normalized spacial score (nSPS) is 28.8. The molecule has 0 aliphatic carbocycles. The van der Waals surface area contributed by atoms with Gasteiger partial charge in [-0.2, -0.15) is 0 Å². The van der Waals surface area contributed by atoms with Gasteiger partial charge in [-0.1, -0.05) is 13.3 Å². The van der Waals surface area contributed by atoms with E-state index in [-0.39, 0.29) is 11.5 Å². The summed E-state index contributed by atoms with van der Waals surface area (Å²) in [5, 5.41) is 0. The van der Waals surface area contributed by atoms with Gasteiger partial charge in [0.05, 0.1) is 12.1 Å². The lowest BCUT2D eigenvalue weighted by atomic mass is 9.94. The Bertz CT molecular complexity index is 169. The molecule has 0 aromatic rings. The predicted octanol–water partition coefficient (Wildman–Crippen LogP) is 0.219. The average Bonchev–Trinajstić information content (AvgIpc) is 2.36. The van der Waals surface area contributed by atoms with Gasteiger partial charge in [0.15, 0.2) is 5.96 Å². The Morgan fingerprint density at radius 1 is 1.58 bits per heavy atom. The second kappa shape index (κ2) is 3.76. The number of hydrogen-bond acceptors (Lipinski definition) is 2. The maximum Gasteiger partial charge on any atom is 0.186 e. The van der Waals surface area contributed by atoms with Crippen molar-refractivity contribution in [1.29, 1.82) is 0 Å². The maximum absolute atomic E-state index is 5.36. The van der Waals surface area contributed by atoms with E-state index in [0.717, 1.165) is 25.9 Å². The van der Waals surface area contributed by atoms with Gasteiger partial charge in [-0.25, -0.2) is 4.99 Å². The van der Waals surface area contributed by atoms with Crippen LogP contribution in [0.2, 0.25) is 0 Å². The summed E-state index contributed by atoms with van der Waals surface area (Å²) in [6, 6.07) is 0. The summed E-state index contributed by atoms with van der Waals surface area (Å²) < 4.78 is 5.30. The van der Waals surface area contributed by atoms with Crippen LogP contribution in [0.15, 0.2) is 4.99 Å². The molecule has 1 saturated heterocycles. The summed E-state index contributed by atoms with van der Waals surface area (Å²) >= 11 is 0. The Balaban J connectivity index is 2.65. The van der Waals surface area contributed by atoms with Crippen molar-refractivity contribution in [3.8, 4) is 0 Å². The first kappa shape index (κ1) is 9.32. The van der Waals surface area contributed by atoms with Gasteiger partial charge in [-0.3, -0.25) is 0 Å². The van der Waals surface area contributed by atoms with Crippen LogP contribution in [0.4, 0.5) is 0 Å². The smallest absolute Gasteiger partial charge is 0.186 e. The van der Waals surface area contributed by atoms with Gasteiger partial charge in [0, 0.05) is 6.61 Å². The largest absolute Gasteiger partial charge is 0.379 e. The molecule has 1 unspecified atom stereocenters. The Morgan fingerprint density at radius 2 is 2.33 bits per heavy atom. The second-order valence-corrected chi connectivity index (χ2v) is 3.31. The fourth-order valence-corrected chi connectivity index (χ4v) is 1.68. The third-order valence-electron chi connectivity index (χ3n) is 2.16. The van der Waals surface area contributed by atoms with Crippen LogP contribution in [0.5, 0.6) is 0 Å². The van der Waals surface area contributed by atoms with Crippen molar-refractivity contribution in [3.05, 3.63) is 0 Å². The highest BCUT2D eigenvalue weighted by molar-refractivity contribution is 5.76. The molecular weight excluding hydrogens is 154 g/mol. The van der Waals surface area contributed by atoms with Crippen LogP contribution in [0.25, 0.3) is 0 Å². The molecule has 4 N–H and O–H groups in total. The van der Waals surface area contributed by atoms with Gasteiger partial charge < -0.3 is 16.2 Å². The fraction of sp³-hybridized carbons (Fsp3) is 0.875. The Morgan fingerprint density at radius 3 is 2.75 bits per heavy atom. The minimum Gasteiger partial charge on any atom is -0.379 e. The van der Waals surface area contributed by atoms with Crippen molar-refractivity contribution in [2.45, 2.75) is 31.7 Å². The highest BCUT2D eigenvalue weighted by atomic mass is 16.5. The first-order valence-corrected chi connectivity index (χ1v) is 4.37. The molecule has 12 heavy (non-hydrogen) atoms. The van der Waals surface area contributed by atoms with E-state index in [2.05, 4.69) is 11.9 Å². The van der Waals surface area contributed by atoms with E-state index in [0.29, 0.717) is 6.61 Å². The molecule has 0 spiro atoms. The summed E-state index contributed by atoms with van der Waals surface area (Å²) in [4.78, 5) is 4.24. The van der Waals surface area contributed by atoms with E-state index >= 15 is 0 Å². The monoisotopic (exact) mass is 171 g/mol. The molecule has 1 aliphatic rings. The van der Waals surface area contributed by atoms with Gasteiger partial charge >= 0.3 is 0 Å². The van der Waals surface area contributed by atoms with Crippen molar-refractivity contribution in [3.63, 3.8) is 0 Å². The number of hydrogen-bond donors (Lipinski definition) is 2. The lowest BCUT2D eigenvalue weighted by Crippen LogP contribution is -2.34. The molecular formula is C8H17N3O. The highest BCUT2D eigenvalue weighted by Crippen LogP contribution is 2.28. The Hall–Kier alpha value is -0.770. The molecule has 1 atom stereocenters. The molecule has 0 aromatic heterocycles. The third kappa shape index (κ3) is 2.11. The zero-order chi connectivity index (χ0) is 9.03. The summed E-state index contributed by atoms with van der Waals surface area (Å²) in [6.45, 7) is 3.57. The molecule has 0 aromatic carbocycles. The van der Waals surface area contributed by atoms with Gasteiger partial charge in [-0.15, -0.1) is 0 Å². The molecule has 1 aliphatic heterocycles. The molecule has 4 nitrogen and oxygen atoms in total. The molecule has 1 heterocycles. The molecule has 0 saturated carbocycles. The molecule has 1 fully saturated rings. The van der Waals surface area contributed by atoms with Crippen molar-refractivity contribution in [1.82, 2.24) is 0 Å². The number of guanidine groups is 1. The van der Waals surface area contributed by atoms with Gasteiger partial charge in [0.1, 0.15) is 0 Å². The van der Waals surface area contributed by atoms with E-state index in [1.165, 1.54) is 0 Å². The van der Waals surface area contributed by atoms with Gasteiger partial charge in [-0.05, 0) is 12.8 Å². The number of aliphatic imine (C=N–C) groups is 1. The number of nitrogens with zero attached hydrogens (tertiary/aromatic N) is 1. The van der Waals surface area contributed by atoms with Crippen LogP contribution < -0.4 is 11.5 Å². The summed E-state index contributed by atoms with van der Waals surface area (Å²) in [7, 11) is 0. The van der Waals surface area contributed by atoms with Crippen LogP contribution >= 0.6 is 0 Å². The minimum absolute atomic E-state index is 0.117. The van der Waals surface area contributed by atoms with E-state index in [1.807, 2.05) is 0 Å². The molecule has 4 heteroatoms. The van der Waals surface area contributed by atoms with Crippen LogP contribution in [-0.4, -0.2) is 24.7 Å². The van der Waals surface area contributed by atoms with Crippen molar-refractivity contribution >= 4 is 5.96 Å². The standard InChI is InChI=1S/C8H17N3O/c1-2-3-8(11-7(9)10)4-5-12-6-8/h2-6H2,1H3,(H4,9,10,11). The Kier molecular flexibility index (Phi) is 2.92. The van der Waals surface area contributed by atoms with Crippen molar-refractivity contribution < 1.29 is 4.74 Å². The molecule has 0 radical (unpaired) electrons. The molecule has 0 bridgehead atoms. The van der Waals surface area contributed by atoms with E-state index < -0.39 is 0 Å². The highest BCUT2D eigenvalue weighted by Gasteiger charge is 2.33. The van der Waals surface area contributed by atoms with E-state index in [9.17, 15) is 0 Å². The zero-order valence-corrected chi connectivity index (χ0v) is 7.55. The van der Waals surface area contributed by atoms with E-state index in [4.69, 9.17) is 16.2 Å². The molecule has 70 valence electrons. The first-order chi connectivity index (χ1) is 5.68. The zero-order valence-electron chi connectivity index (χ0n) is 7.55. The minimum atomic E-state index is -0.117. The number of rotatable bonds is 3. The quantitative estimate of drug-likeness (QED) is 0.471. The molecule has 0 amide bonds. The molecule has 1 rings (SSSR count). The van der Waals surface area contributed by atoms with Crippen LogP contribution in [0.3, 0.4) is 0 Å². The van der Waals surface area contributed by atoms with Crippen LogP contribution in [0.1, 0.15) is 26.2 Å². The Labute approximate surface area is 73.0 Å². The van der Waals surface area contributed by atoms with Gasteiger partial charge in [0.25, 0.3) is 0 Å². The SMILES string of the molecule is CCCC1(N=C(N)N)CCOC1. The summed E-state index contributed by atoms with van der Waals surface area (Å²) in [5.74, 6) is 0.175. The summed E-state index contributed by atoms with van der Waals surface area (Å²) in [6.07, 6.45) is 3.03. The third-order valence-corrected chi connectivity index (χ3v) is 2.16. The maximum atomic E-state index is 5.36. The van der Waals surface area contributed by atoms with Crippen molar-refractivity contribution in [2.75, 3.05) is 13.2 Å². The predicted molar refractivity (Wildman–Crippen MR) is 48.9 cm³/mol. The van der Waals surface area contributed by atoms with Crippen LogP contribution in [0, 0.1) is 0 Å². The summed E-state index contributed by atoms with van der Waals surface area (Å²) in [5.41, 5.74) is 10.6. The first-order valence-electron chi connectivity index (χ1n) is 4.37.